The number of carbonyl (C=O) groups is 7. The Kier molecular flexibility index (Phi) is 13.8. The van der Waals surface area contributed by atoms with Crippen LogP contribution in [0.15, 0.2) is 12.2 Å². The van der Waals surface area contributed by atoms with Crippen molar-refractivity contribution >= 4 is 41.4 Å². The lowest BCUT2D eigenvalue weighted by molar-refractivity contribution is -0.150. The van der Waals surface area contributed by atoms with Crippen LogP contribution in [0.4, 0.5) is 0 Å². The zero-order chi connectivity index (χ0) is 33.1. The van der Waals surface area contributed by atoms with Gasteiger partial charge in [-0.3, -0.25) is 33.6 Å². The summed E-state index contributed by atoms with van der Waals surface area (Å²) < 4.78 is 0. The number of rotatable bonds is 4. The second-order valence-electron chi connectivity index (χ2n) is 12.3. The van der Waals surface area contributed by atoms with Gasteiger partial charge < -0.3 is 36.0 Å². The van der Waals surface area contributed by atoms with Crippen molar-refractivity contribution in [3.05, 3.63) is 12.2 Å². The highest BCUT2D eigenvalue weighted by Gasteiger charge is 2.38. The fourth-order valence-corrected chi connectivity index (χ4v) is 5.22. The van der Waals surface area contributed by atoms with E-state index in [4.69, 9.17) is 0 Å². The monoisotopic (exact) mass is 619 g/mol. The van der Waals surface area contributed by atoms with Gasteiger partial charge in [0.25, 0.3) is 0 Å². The van der Waals surface area contributed by atoms with Crippen LogP contribution in [0.25, 0.3) is 0 Å². The van der Waals surface area contributed by atoms with Crippen LogP contribution in [-0.2, 0) is 33.6 Å². The molecule has 4 atom stereocenters. The number of fused-ring (bicyclic) bond motifs is 2. The SMILES string of the molecule is CC(C)CC1C(=O)NCC(=O)NC(C)C(=O)N(C)C2CC=CCCN(C2=O)C(CC(C)C)C(=O)NCC(=O)NCC(=O)N1C. The summed E-state index contributed by atoms with van der Waals surface area (Å²) >= 11 is 0. The minimum Gasteiger partial charge on any atom is -0.345 e. The molecule has 1 saturated heterocycles. The third kappa shape index (κ3) is 10.3. The molecule has 44 heavy (non-hydrogen) atoms. The minimum atomic E-state index is -1.02. The van der Waals surface area contributed by atoms with Crippen LogP contribution in [0.1, 0.15) is 60.3 Å². The van der Waals surface area contributed by atoms with Gasteiger partial charge in [-0.25, -0.2) is 0 Å². The normalized spacial score (nSPS) is 26.0. The van der Waals surface area contributed by atoms with Gasteiger partial charge in [0.1, 0.15) is 24.2 Å². The summed E-state index contributed by atoms with van der Waals surface area (Å²) in [6, 6.07) is -3.77. The van der Waals surface area contributed by atoms with Crippen molar-refractivity contribution in [2.45, 2.75) is 84.5 Å². The second kappa shape index (κ2) is 16.8. The highest BCUT2D eigenvalue weighted by Crippen LogP contribution is 2.20. The van der Waals surface area contributed by atoms with Gasteiger partial charge in [0, 0.05) is 20.6 Å². The summed E-state index contributed by atoms with van der Waals surface area (Å²) in [6.07, 6.45) is 5.05. The molecule has 0 aliphatic carbocycles. The van der Waals surface area contributed by atoms with E-state index in [9.17, 15) is 33.6 Å². The molecular weight excluding hydrogens is 570 g/mol. The zero-order valence-electron chi connectivity index (χ0n) is 27.0. The molecule has 0 saturated carbocycles. The van der Waals surface area contributed by atoms with E-state index in [2.05, 4.69) is 21.3 Å². The molecule has 0 aromatic carbocycles. The van der Waals surface area contributed by atoms with E-state index in [1.165, 1.54) is 35.7 Å². The van der Waals surface area contributed by atoms with Gasteiger partial charge >= 0.3 is 0 Å². The lowest BCUT2D eigenvalue weighted by Gasteiger charge is -2.38. The first-order valence-electron chi connectivity index (χ1n) is 15.2. The number of hydrogen-bond donors (Lipinski definition) is 4. The lowest BCUT2D eigenvalue weighted by Crippen LogP contribution is -2.59. The number of carbonyl (C=O) groups excluding carboxylic acids is 7. The molecule has 0 aromatic heterocycles. The fourth-order valence-electron chi connectivity index (χ4n) is 5.22. The molecule has 2 aliphatic rings. The summed E-state index contributed by atoms with van der Waals surface area (Å²) in [5, 5.41) is 10.2. The van der Waals surface area contributed by atoms with Gasteiger partial charge in [0.2, 0.25) is 41.4 Å². The Morgan fingerprint density at radius 2 is 1.30 bits per heavy atom. The van der Waals surface area contributed by atoms with E-state index in [0.717, 1.165) is 0 Å². The van der Waals surface area contributed by atoms with Crippen molar-refractivity contribution in [2.75, 3.05) is 40.3 Å². The first-order chi connectivity index (χ1) is 20.6. The van der Waals surface area contributed by atoms with E-state index in [-0.39, 0.29) is 24.8 Å². The second-order valence-corrected chi connectivity index (χ2v) is 12.3. The highest BCUT2D eigenvalue weighted by atomic mass is 16.2. The first-order valence-corrected chi connectivity index (χ1v) is 15.2. The van der Waals surface area contributed by atoms with E-state index < -0.39 is 85.2 Å². The van der Waals surface area contributed by atoms with E-state index >= 15 is 0 Å². The third-order valence-corrected chi connectivity index (χ3v) is 7.71. The number of amides is 7. The van der Waals surface area contributed by atoms with Crippen LogP contribution >= 0.6 is 0 Å². The quantitative estimate of drug-likeness (QED) is 0.296. The predicted octanol–water partition coefficient (Wildman–Crippen LogP) is -0.853. The Morgan fingerprint density at radius 3 is 1.91 bits per heavy atom. The highest BCUT2D eigenvalue weighted by molar-refractivity contribution is 5.96. The summed E-state index contributed by atoms with van der Waals surface area (Å²) in [5.74, 6) is -3.74. The molecule has 2 rings (SSSR count). The van der Waals surface area contributed by atoms with Crippen molar-refractivity contribution in [3.63, 3.8) is 0 Å². The van der Waals surface area contributed by atoms with Gasteiger partial charge in [-0.1, -0.05) is 39.8 Å². The molecule has 7 amide bonds. The summed E-state index contributed by atoms with van der Waals surface area (Å²) in [4.78, 5) is 96.0. The summed E-state index contributed by atoms with van der Waals surface area (Å²) in [5.41, 5.74) is 0. The Balaban J connectivity index is 2.44. The average molecular weight is 620 g/mol. The molecule has 0 spiro atoms. The Morgan fingerprint density at radius 1 is 0.727 bits per heavy atom. The molecular formula is C30H49N7O7. The summed E-state index contributed by atoms with van der Waals surface area (Å²) in [6.45, 7) is 8.06. The van der Waals surface area contributed by atoms with Gasteiger partial charge in [-0.2, -0.15) is 0 Å². The third-order valence-electron chi connectivity index (χ3n) is 7.71. The van der Waals surface area contributed by atoms with Gasteiger partial charge in [0.05, 0.1) is 19.6 Å². The average Bonchev–Trinajstić information content (AvgIpc) is 2.95. The van der Waals surface area contributed by atoms with Crippen LogP contribution in [-0.4, -0.2) is 120 Å². The molecule has 2 bridgehead atoms. The Labute approximate surface area is 259 Å². The number of nitrogens with one attached hydrogen (secondary N) is 4. The van der Waals surface area contributed by atoms with E-state index in [1.54, 1.807) is 0 Å². The van der Waals surface area contributed by atoms with Crippen molar-refractivity contribution in [2.24, 2.45) is 11.8 Å². The van der Waals surface area contributed by atoms with Crippen LogP contribution in [0, 0.1) is 11.8 Å². The van der Waals surface area contributed by atoms with Crippen LogP contribution in [0.2, 0.25) is 0 Å². The number of nitrogens with zero attached hydrogens (tertiary/aromatic N) is 3. The van der Waals surface area contributed by atoms with Gasteiger partial charge in [0.15, 0.2) is 0 Å². The van der Waals surface area contributed by atoms with Crippen molar-refractivity contribution < 1.29 is 33.6 Å². The lowest BCUT2D eigenvalue weighted by atomic mass is 9.98. The van der Waals surface area contributed by atoms with Crippen LogP contribution in [0.3, 0.4) is 0 Å². The molecule has 2 aliphatic heterocycles. The standard InChI is InChI=1S/C30H49N7O7/c1-18(2)13-22-27(41)33-16-25(39)34-20(5)29(43)36(7)21-11-9-8-10-12-37(30(21)44)23(14-19(3)4)28(42)32-15-24(38)31-17-26(40)35(22)6/h8-9,18-23H,10-17H2,1-7H3,(H,31,38)(H,32,42)(H,33,41)(H,34,39). The molecule has 0 radical (unpaired) electrons. The Hall–Kier alpha value is -3.97. The smallest absolute Gasteiger partial charge is 0.246 e. The van der Waals surface area contributed by atoms with Gasteiger partial charge in [-0.15, -0.1) is 0 Å². The first kappa shape index (κ1) is 36.2. The van der Waals surface area contributed by atoms with E-state index in [1.807, 2.05) is 39.8 Å². The summed E-state index contributed by atoms with van der Waals surface area (Å²) in [7, 11) is 2.92. The Bertz CT molecular complexity index is 1120. The predicted molar refractivity (Wildman–Crippen MR) is 163 cm³/mol. The molecule has 4 N–H and O–H groups in total. The maximum atomic E-state index is 13.9. The van der Waals surface area contributed by atoms with Crippen LogP contribution < -0.4 is 21.3 Å². The number of hydrogen-bond acceptors (Lipinski definition) is 7. The van der Waals surface area contributed by atoms with Crippen molar-refractivity contribution in [1.29, 1.82) is 0 Å². The molecule has 1 fully saturated rings. The largest absolute Gasteiger partial charge is 0.345 e. The molecule has 2 heterocycles. The maximum absolute atomic E-state index is 13.9. The topological polar surface area (TPSA) is 177 Å². The molecule has 14 nitrogen and oxygen atoms in total. The zero-order valence-corrected chi connectivity index (χ0v) is 27.0. The number of likely N-dealkylation sites (N-methyl/N-ethyl adjacent to an activating group) is 2. The fraction of sp³-hybridized carbons (Fsp3) is 0.700. The molecule has 4 unspecified atom stereocenters. The molecule has 246 valence electrons. The molecule has 0 aromatic rings. The maximum Gasteiger partial charge on any atom is 0.246 e. The van der Waals surface area contributed by atoms with Gasteiger partial charge in [-0.05, 0) is 44.4 Å². The van der Waals surface area contributed by atoms with Crippen molar-refractivity contribution in [1.82, 2.24) is 36.0 Å². The van der Waals surface area contributed by atoms with Crippen LogP contribution in [0.5, 0.6) is 0 Å². The molecule has 14 heteroatoms. The minimum absolute atomic E-state index is 0.0270. The van der Waals surface area contributed by atoms with Crippen molar-refractivity contribution in [3.8, 4) is 0 Å². The van der Waals surface area contributed by atoms with E-state index in [0.29, 0.717) is 19.3 Å².